The molecule has 1 saturated heterocycles. The molecule has 2 rings (SSSR count). The smallest absolute Gasteiger partial charge is 0.143 e. The summed E-state index contributed by atoms with van der Waals surface area (Å²) in [6.07, 6.45) is 2.37. The van der Waals surface area contributed by atoms with Crippen LogP contribution in [0.4, 0.5) is 10.1 Å². The zero-order chi connectivity index (χ0) is 10.8. The van der Waals surface area contributed by atoms with Gasteiger partial charge in [0.05, 0.1) is 5.02 Å². The van der Waals surface area contributed by atoms with E-state index in [1.165, 1.54) is 18.9 Å². The van der Waals surface area contributed by atoms with Crippen LogP contribution in [0.1, 0.15) is 19.8 Å². The van der Waals surface area contributed by atoms with Gasteiger partial charge in [0.15, 0.2) is 0 Å². The highest BCUT2D eigenvalue weighted by molar-refractivity contribution is 6.30. The molecule has 0 aliphatic carbocycles. The lowest BCUT2D eigenvalue weighted by atomic mass is 9.99. The van der Waals surface area contributed by atoms with Crippen molar-refractivity contribution < 1.29 is 4.39 Å². The molecule has 1 aromatic rings. The highest BCUT2D eigenvalue weighted by Crippen LogP contribution is 2.26. The average molecular weight is 228 g/mol. The van der Waals surface area contributed by atoms with Crippen LogP contribution >= 0.6 is 11.6 Å². The summed E-state index contributed by atoms with van der Waals surface area (Å²) in [5.74, 6) is 0.464. The fourth-order valence-electron chi connectivity index (χ4n) is 1.95. The number of rotatable bonds is 1. The summed E-state index contributed by atoms with van der Waals surface area (Å²) in [5.41, 5.74) is 0.948. The van der Waals surface area contributed by atoms with Gasteiger partial charge in [-0.25, -0.2) is 4.39 Å². The minimum Gasteiger partial charge on any atom is -0.371 e. The summed E-state index contributed by atoms with van der Waals surface area (Å²) >= 11 is 5.65. The Labute approximate surface area is 94.8 Å². The maximum absolute atomic E-state index is 13.3. The Morgan fingerprint density at radius 2 is 2.00 bits per heavy atom. The van der Waals surface area contributed by atoms with Crippen molar-refractivity contribution >= 4 is 17.3 Å². The lowest BCUT2D eigenvalue weighted by molar-refractivity contribution is 0.438. The van der Waals surface area contributed by atoms with Crippen LogP contribution in [0.3, 0.4) is 0 Å². The minimum absolute atomic E-state index is 0.198. The van der Waals surface area contributed by atoms with Crippen molar-refractivity contribution in [2.75, 3.05) is 18.0 Å². The second-order valence-corrected chi connectivity index (χ2v) is 4.68. The molecule has 0 aromatic heterocycles. The third-order valence-corrected chi connectivity index (χ3v) is 3.36. The summed E-state index contributed by atoms with van der Waals surface area (Å²) in [6.45, 7) is 4.30. The van der Waals surface area contributed by atoms with Gasteiger partial charge in [0.1, 0.15) is 5.82 Å². The lowest BCUT2D eigenvalue weighted by Gasteiger charge is -2.32. The van der Waals surface area contributed by atoms with Crippen molar-refractivity contribution in [1.82, 2.24) is 0 Å². The van der Waals surface area contributed by atoms with Gasteiger partial charge in [0.2, 0.25) is 0 Å². The van der Waals surface area contributed by atoms with Gasteiger partial charge in [-0.1, -0.05) is 18.5 Å². The molecule has 1 aliphatic heterocycles. The molecule has 15 heavy (non-hydrogen) atoms. The van der Waals surface area contributed by atoms with Crippen molar-refractivity contribution in [3.63, 3.8) is 0 Å². The van der Waals surface area contributed by atoms with E-state index in [0.29, 0.717) is 0 Å². The number of piperidine rings is 1. The van der Waals surface area contributed by atoms with Crippen LogP contribution in [0.2, 0.25) is 5.02 Å². The van der Waals surface area contributed by atoms with Crippen LogP contribution in [0.5, 0.6) is 0 Å². The van der Waals surface area contributed by atoms with Crippen molar-refractivity contribution in [3.8, 4) is 0 Å². The Morgan fingerprint density at radius 3 is 2.60 bits per heavy atom. The molecule has 82 valence electrons. The molecule has 0 bridgehead atoms. The summed E-state index contributed by atoms with van der Waals surface area (Å²) in [6, 6.07) is 5.05. The normalized spacial score (nSPS) is 18.2. The SMILES string of the molecule is CC1CCN(c2ccc(Cl)c(F)c2)CC1. The maximum Gasteiger partial charge on any atom is 0.143 e. The first-order chi connectivity index (χ1) is 7.16. The Morgan fingerprint density at radius 1 is 1.33 bits per heavy atom. The van der Waals surface area contributed by atoms with Crippen LogP contribution in [0.15, 0.2) is 18.2 Å². The van der Waals surface area contributed by atoms with Crippen LogP contribution in [-0.2, 0) is 0 Å². The van der Waals surface area contributed by atoms with Crippen molar-refractivity contribution in [1.29, 1.82) is 0 Å². The molecule has 1 aromatic carbocycles. The fourth-order valence-corrected chi connectivity index (χ4v) is 2.07. The molecule has 3 heteroatoms. The predicted molar refractivity (Wildman–Crippen MR) is 62.0 cm³/mol. The van der Waals surface area contributed by atoms with Gasteiger partial charge in [-0.05, 0) is 37.0 Å². The van der Waals surface area contributed by atoms with Crippen LogP contribution in [-0.4, -0.2) is 13.1 Å². The second kappa shape index (κ2) is 4.40. The Balaban J connectivity index is 2.12. The Kier molecular flexibility index (Phi) is 3.15. The summed E-state index contributed by atoms with van der Waals surface area (Å²) in [5, 5.41) is 0.198. The van der Waals surface area contributed by atoms with E-state index in [2.05, 4.69) is 11.8 Å². The molecule has 1 nitrogen and oxygen atoms in total. The van der Waals surface area contributed by atoms with E-state index in [4.69, 9.17) is 11.6 Å². The zero-order valence-electron chi connectivity index (χ0n) is 8.84. The van der Waals surface area contributed by atoms with Crippen molar-refractivity contribution in [3.05, 3.63) is 29.0 Å². The summed E-state index contributed by atoms with van der Waals surface area (Å²) < 4.78 is 13.3. The van der Waals surface area contributed by atoms with E-state index < -0.39 is 0 Å². The minimum atomic E-state index is -0.326. The monoisotopic (exact) mass is 227 g/mol. The molecule has 1 aliphatic rings. The number of nitrogens with zero attached hydrogens (tertiary/aromatic N) is 1. The molecule has 0 saturated carbocycles. The first-order valence-electron chi connectivity index (χ1n) is 5.37. The van der Waals surface area contributed by atoms with Crippen LogP contribution < -0.4 is 4.90 Å². The van der Waals surface area contributed by atoms with Gasteiger partial charge in [0.25, 0.3) is 0 Å². The third-order valence-electron chi connectivity index (χ3n) is 3.05. The average Bonchev–Trinajstić information content (AvgIpc) is 2.23. The second-order valence-electron chi connectivity index (χ2n) is 4.27. The van der Waals surface area contributed by atoms with Crippen molar-refractivity contribution in [2.45, 2.75) is 19.8 Å². The number of hydrogen-bond donors (Lipinski definition) is 0. The van der Waals surface area contributed by atoms with E-state index in [1.54, 1.807) is 6.07 Å². The van der Waals surface area contributed by atoms with E-state index >= 15 is 0 Å². The standard InChI is InChI=1S/C12H15ClFN/c1-9-4-6-15(7-5-9)10-2-3-11(13)12(14)8-10/h2-3,8-9H,4-7H2,1H3. The highest BCUT2D eigenvalue weighted by Gasteiger charge is 2.16. The fraction of sp³-hybridized carbons (Fsp3) is 0.500. The summed E-state index contributed by atoms with van der Waals surface area (Å²) in [7, 11) is 0. The molecule has 0 atom stereocenters. The third kappa shape index (κ3) is 2.43. The van der Waals surface area contributed by atoms with E-state index in [1.807, 2.05) is 6.07 Å². The van der Waals surface area contributed by atoms with Gasteiger partial charge >= 0.3 is 0 Å². The highest BCUT2D eigenvalue weighted by atomic mass is 35.5. The predicted octanol–water partition coefficient (Wildman–Crippen LogP) is 3.72. The molecule has 0 radical (unpaired) electrons. The van der Waals surface area contributed by atoms with Gasteiger partial charge in [-0.15, -0.1) is 0 Å². The molecular formula is C12H15ClFN. The molecular weight excluding hydrogens is 213 g/mol. The Bertz CT molecular complexity index is 345. The molecule has 1 fully saturated rings. The number of halogens is 2. The molecule has 0 spiro atoms. The first kappa shape index (κ1) is 10.7. The molecule has 1 heterocycles. The van der Waals surface area contributed by atoms with Gasteiger partial charge in [-0.2, -0.15) is 0 Å². The molecule has 0 unspecified atom stereocenters. The first-order valence-corrected chi connectivity index (χ1v) is 5.74. The van der Waals surface area contributed by atoms with Gasteiger partial charge in [-0.3, -0.25) is 0 Å². The van der Waals surface area contributed by atoms with Gasteiger partial charge < -0.3 is 4.90 Å². The lowest BCUT2D eigenvalue weighted by Crippen LogP contribution is -2.32. The zero-order valence-corrected chi connectivity index (χ0v) is 9.60. The van der Waals surface area contributed by atoms with Crippen LogP contribution in [0.25, 0.3) is 0 Å². The van der Waals surface area contributed by atoms with E-state index in [0.717, 1.165) is 24.7 Å². The Hall–Kier alpha value is -0.760. The topological polar surface area (TPSA) is 3.24 Å². The van der Waals surface area contributed by atoms with Gasteiger partial charge in [0, 0.05) is 18.8 Å². The molecule has 0 N–H and O–H groups in total. The van der Waals surface area contributed by atoms with E-state index in [9.17, 15) is 4.39 Å². The number of anilines is 1. The van der Waals surface area contributed by atoms with Crippen molar-refractivity contribution in [2.24, 2.45) is 5.92 Å². The maximum atomic E-state index is 13.3. The van der Waals surface area contributed by atoms with E-state index in [-0.39, 0.29) is 10.8 Å². The summed E-state index contributed by atoms with van der Waals surface area (Å²) in [4.78, 5) is 2.22. The number of hydrogen-bond acceptors (Lipinski definition) is 1. The van der Waals surface area contributed by atoms with Crippen LogP contribution in [0, 0.1) is 11.7 Å². The largest absolute Gasteiger partial charge is 0.371 e. The number of benzene rings is 1. The quantitative estimate of drug-likeness (QED) is 0.707. The molecule has 0 amide bonds.